The first kappa shape index (κ1) is 13.6. The van der Waals surface area contributed by atoms with Gasteiger partial charge in [0.05, 0.1) is 32.2 Å². The average molecular weight is 261 g/mol. The summed E-state index contributed by atoms with van der Waals surface area (Å²) < 4.78 is 10.2. The van der Waals surface area contributed by atoms with Crippen molar-refractivity contribution >= 4 is 0 Å². The van der Waals surface area contributed by atoms with Crippen molar-refractivity contribution in [1.29, 1.82) is 0 Å². The third kappa shape index (κ3) is 3.81. The van der Waals surface area contributed by atoms with E-state index in [1.807, 2.05) is 30.5 Å². The number of imidazole rings is 1. The van der Waals surface area contributed by atoms with Gasteiger partial charge >= 0.3 is 0 Å². The highest BCUT2D eigenvalue weighted by atomic mass is 16.5. The number of aromatic nitrogens is 2. The molecule has 0 radical (unpaired) electrons. The molecule has 0 bridgehead atoms. The van der Waals surface area contributed by atoms with Gasteiger partial charge in [0.1, 0.15) is 11.6 Å². The molecular weight excluding hydrogens is 242 g/mol. The SMILES string of the molecule is COCCNCc1ncc(-c2cccc(OC)c2)[nH]1. The lowest BCUT2D eigenvalue weighted by Crippen LogP contribution is -2.19. The van der Waals surface area contributed by atoms with Crippen LogP contribution in [0.5, 0.6) is 5.75 Å². The maximum atomic E-state index is 5.21. The Hall–Kier alpha value is -1.85. The molecule has 0 amide bonds. The van der Waals surface area contributed by atoms with E-state index in [1.54, 1.807) is 14.2 Å². The first-order chi connectivity index (χ1) is 9.33. The van der Waals surface area contributed by atoms with Gasteiger partial charge in [0.15, 0.2) is 0 Å². The summed E-state index contributed by atoms with van der Waals surface area (Å²) in [6.07, 6.45) is 1.84. The van der Waals surface area contributed by atoms with E-state index < -0.39 is 0 Å². The van der Waals surface area contributed by atoms with Crippen LogP contribution in [0, 0.1) is 0 Å². The van der Waals surface area contributed by atoms with Crippen LogP contribution in [0.2, 0.25) is 0 Å². The second-order valence-electron chi connectivity index (χ2n) is 4.15. The molecule has 0 aliphatic rings. The fourth-order valence-corrected chi connectivity index (χ4v) is 1.77. The highest BCUT2D eigenvalue weighted by Gasteiger charge is 2.04. The van der Waals surface area contributed by atoms with Crippen molar-refractivity contribution in [2.24, 2.45) is 0 Å². The number of nitrogens with one attached hydrogen (secondary N) is 2. The average Bonchev–Trinajstić information content (AvgIpc) is 2.92. The van der Waals surface area contributed by atoms with Crippen LogP contribution in [0.1, 0.15) is 5.82 Å². The molecule has 0 saturated heterocycles. The van der Waals surface area contributed by atoms with Gasteiger partial charge in [-0.25, -0.2) is 4.98 Å². The minimum Gasteiger partial charge on any atom is -0.497 e. The van der Waals surface area contributed by atoms with Gasteiger partial charge in [-0.1, -0.05) is 12.1 Å². The highest BCUT2D eigenvalue weighted by Crippen LogP contribution is 2.21. The van der Waals surface area contributed by atoms with Crippen molar-refractivity contribution in [2.75, 3.05) is 27.4 Å². The lowest BCUT2D eigenvalue weighted by Gasteiger charge is -2.03. The quantitative estimate of drug-likeness (QED) is 0.746. The fourth-order valence-electron chi connectivity index (χ4n) is 1.77. The van der Waals surface area contributed by atoms with Gasteiger partial charge in [-0.05, 0) is 12.1 Å². The number of hydrogen-bond acceptors (Lipinski definition) is 4. The van der Waals surface area contributed by atoms with Crippen molar-refractivity contribution < 1.29 is 9.47 Å². The predicted octanol–water partition coefficient (Wildman–Crippen LogP) is 1.82. The van der Waals surface area contributed by atoms with Gasteiger partial charge in [-0.3, -0.25) is 0 Å². The largest absolute Gasteiger partial charge is 0.497 e. The van der Waals surface area contributed by atoms with Gasteiger partial charge in [-0.15, -0.1) is 0 Å². The fraction of sp³-hybridized carbons (Fsp3) is 0.357. The molecule has 102 valence electrons. The number of nitrogens with zero attached hydrogens (tertiary/aromatic N) is 1. The summed E-state index contributed by atoms with van der Waals surface area (Å²) in [6, 6.07) is 7.90. The zero-order valence-corrected chi connectivity index (χ0v) is 11.3. The lowest BCUT2D eigenvalue weighted by molar-refractivity contribution is 0.199. The summed E-state index contributed by atoms with van der Waals surface area (Å²) >= 11 is 0. The Morgan fingerprint density at radius 3 is 3.00 bits per heavy atom. The van der Waals surface area contributed by atoms with E-state index >= 15 is 0 Å². The van der Waals surface area contributed by atoms with Gasteiger partial charge < -0.3 is 19.8 Å². The summed E-state index contributed by atoms with van der Waals surface area (Å²) in [6.45, 7) is 2.21. The Bertz CT molecular complexity index is 511. The van der Waals surface area contributed by atoms with Gasteiger partial charge in [-0.2, -0.15) is 0 Å². The molecule has 1 heterocycles. The Balaban J connectivity index is 1.99. The second kappa shape index (κ2) is 6.92. The number of rotatable bonds is 7. The molecule has 0 spiro atoms. The van der Waals surface area contributed by atoms with Gasteiger partial charge in [0.25, 0.3) is 0 Å². The Kier molecular flexibility index (Phi) is 4.94. The molecule has 0 unspecified atom stereocenters. The van der Waals surface area contributed by atoms with Crippen molar-refractivity contribution in [3.63, 3.8) is 0 Å². The number of H-pyrrole nitrogens is 1. The molecule has 0 fully saturated rings. The molecule has 0 atom stereocenters. The van der Waals surface area contributed by atoms with Crippen molar-refractivity contribution in [3.8, 4) is 17.0 Å². The summed E-state index contributed by atoms with van der Waals surface area (Å²) in [7, 11) is 3.35. The van der Waals surface area contributed by atoms with E-state index in [1.165, 1.54) is 0 Å². The minimum atomic E-state index is 0.698. The lowest BCUT2D eigenvalue weighted by atomic mass is 10.1. The topological polar surface area (TPSA) is 59.2 Å². The van der Waals surface area contributed by atoms with Crippen LogP contribution < -0.4 is 10.1 Å². The standard InChI is InChI=1S/C14H19N3O2/c1-18-7-6-15-10-14-16-9-13(17-14)11-4-3-5-12(8-11)19-2/h3-5,8-9,15H,6-7,10H2,1-2H3,(H,16,17). The van der Waals surface area contributed by atoms with Crippen LogP contribution >= 0.6 is 0 Å². The van der Waals surface area contributed by atoms with E-state index in [0.29, 0.717) is 13.2 Å². The molecule has 0 aliphatic heterocycles. The molecule has 2 N–H and O–H groups in total. The molecule has 5 heteroatoms. The minimum absolute atomic E-state index is 0.698. The molecular formula is C14H19N3O2. The molecule has 1 aromatic heterocycles. The molecule has 2 aromatic rings. The van der Waals surface area contributed by atoms with E-state index in [4.69, 9.17) is 9.47 Å². The summed E-state index contributed by atoms with van der Waals surface area (Å²) in [5.41, 5.74) is 2.05. The smallest absolute Gasteiger partial charge is 0.120 e. The Morgan fingerprint density at radius 2 is 2.21 bits per heavy atom. The second-order valence-corrected chi connectivity index (χ2v) is 4.15. The van der Waals surface area contributed by atoms with E-state index in [2.05, 4.69) is 15.3 Å². The van der Waals surface area contributed by atoms with Crippen molar-refractivity contribution in [3.05, 3.63) is 36.3 Å². The number of hydrogen-bond donors (Lipinski definition) is 2. The van der Waals surface area contributed by atoms with Crippen LogP contribution in [0.25, 0.3) is 11.3 Å². The molecule has 0 aliphatic carbocycles. The maximum absolute atomic E-state index is 5.21. The number of benzene rings is 1. The molecule has 19 heavy (non-hydrogen) atoms. The van der Waals surface area contributed by atoms with Gasteiger partial charge in [0, 0.05) is 19.2 Å². The Labute approximate surface area is 113 Å². The third-order valence-electron chi connectivity index (χ3n) is 2.78. The number of methoxy groups -OCH3 is 2. The van der Waals surface area contributed by atoms with Crippen LogP contribution in [0.3, 0.4) is 0 Å². The van der Waals surface area contributed by atoms with Crippen molar-refractivity contribution in [2.45, 2.75) is 6.54 Å². The van der Waals surface area contributed by atoms with Crippen LogP contribution in [-0.4, -0.2) is 37.3 Å². The van der Waals surface area contributed by atoms with Crippen molar-refractivity contribution in [1.82, 2.24) is 15.3 Å². The number of ether oxygens (including phenoxy) is 2. The Morgan fingerprint density at radius 1 is 1.32 bits per heavy atom. The first-order valence-corrected chi connectivity index (χ1v) is 6.21. The molecule has 2 rings (SSSR count). The van der Waals surface area contributed by atoms with E-state index in [-0.39, 0.29) is 0 Å². The zero-order chi connectivity index (χ0) is 13.5. The molecule has 0 saturated carbocycles. The van der Waals surface area contributed by atoms with Crippen LogP contribution in [-0.2, 0) is 11.3 Å². The van der Waals surface area contributed by atoms with E-state index in [0.717, 1.165) is 29.4 Å². The van der Waals surface area contributed by atoms with Crippen LogP contribution in [0.4, 0.5) is 0 Å². The van der Waals surface area contributed by atoms with Crippen LogP contribution in [0.15, 0.2) is 30.5 Å². The number of aromatic amines is 1. The summed E-state index contributed by atoms with van der Waals surface area (Å²) in [5, 5.41) is 3.25. The molecule has 1 aromatic carbocycles. The monoisotopic (exact) mass is 261 g/mol. The molecule has 5 nitrogen and oxygen atoms in total. The predicted molar refractivity (Wildman–Crippen MR) is 74.2 cm³/mol. The normalized spacial score (nSPS) is 10.6. The highest BCUT2D eigenvalue weighted by molar-refractivity contribution is 5.60. The first-order valence-electron chi connectivity index (χ1n) is 6.21. The summed E-state index contributed by atoms with van der Waals surface area (Å²) in [4.78, 5) is 7.63. The third-order valence-corrected chi connectivity index (χ3v) is 2.78. The maximum Gasteiger partial charge on any atom is 0.120 e. The van der Waals surface area contributed by atoms with Gasteiger partial charge in [0.2, 0.25) is 0 Å². The zero-order valence-electron chi connectivity index (χ0n) is 11.3. The summed E-state index contributed by atoms with van der Waals surface area (Å²) in [5.74, 6) is 1.75. The van der Waals surface area contributed by atoms with E-state index in [9.17, 15) is 0 Å².